The van der Waals surface area contributed by atoms with Gasteiger partial charge in [-0.15, -0.1) is 0 Å². The van der Waals surface area contributed by atoms with E-state index in [-0.39, 0.29) is 10.6 Å². The average Bonchev–Trinajstić information content (AvgIpc) is 2.58. The summed E-state index contributed by atoms with van der Waals surface area (Å²) in [7, 11) is -3.73. The van der Waals surface area contributed by atoms with Crippen LogP contribution in [0.25, 0.3) is 0 Å². The van der Waals surface area contributed by atoms with Gasteiger partial charge in [-0.3, -0.25) is 0 Å². The van der Waals surface area contributed by atoms with Crippen LogP contribution >= 0.6 is 0 Å². The van der Waals surface area contributed by atoms with Gasteiger partial charge in [0.15, 0.2) is 0 Å². The van der Waals surface area contributed by atoms with Crippen molar-refractivity contribution < 1.29 is 13.5 Å². The van der Waals surface area contributed by atoms with Gasteiger partial charge in [0, 0.05) is 5.56 Å². The van der Waals surface area contributed by atoms with Gasteiger partial charge in [-0.1, -0.05) is 43.2 Å². The number of unbranched alkanes of at least 4 members (excludes halogenated alkanes) is 1. The van der Waals surface area contributed by atoms with Crippen molar-refractivity contribution in [2.75, 3.05) is 0 Å². The molecule has 0 bridgehead atoms. The largest absolute Gasteiger partial charge is 0.507 e. The summed E-state index contributed by atoms with van der Waals surface area (Å²) in [4.78, 5) is 2.43. The van der Waals surface area contributed by atoms with Crippen LogP contribution < -0.4 is 4.83 Å². The maximum Gasteiger partial charge on any atom is 0.276 e. The zero-order valence-electron chi connectivity index (χ0n) is 13.9. The lowest BCUT2D eigenvalue weighted by Gasteiger charge is -2.11. The summed E-state index contributed by atoms with van der Waals surface area (Å²) in [5.74, 6) is 0.0920. The third-order valence-electron chi connectivity index (χ3n) is 3.58. The van der Waals surface area contributed by atoms with Crippen LogP contribution in [-0.4, -0.2) is 19.2 Å². The number of phenolic OH excluding ortho intramolecular Hbond substituents is 1. The summed E-state index contributed by atoms with van der Waals surface area (Å²) >= 11 is 0. The Morgan fingerprint density at radius 3 is 2.54 bits per heavy atom. The number of nitrogens with one attached hydrogen (secondary N) is 1. The number of hydrogen-bond donors (Lipinski definition) is 2. The predicted molar refractivity (Wildman–Crippen MR) is 95.7 cm³/mol. The topological polar surface area (TPSA) is 78.8 Å². The van der Waals surface area contributed by atoms with E-state index in [4.69, 9.17) is 0 Å². The van der Waals surface area contributed by atoms with Crippen LogP contribution in [0.4, 0.5) is 0 Å². The van der Waals surface area contributed by atoms with Crippen molar-refractivity contribution in [1.82, 2.24) is 4.83 Å². The van der Waals surface area contributed by atoms with Crippen molar-refractivity contribution in [3.63, 3.8) is 0 Å². The van der Waals surface area contributed by atoms with E-state index in [1.165, 1.54) is 12.1 Å². The lowest BCUT2D eigenvalue weighted by molar-refractivity contribution is 0.473. The Balaban J connectivity index is 2.34. The molecule has 2 N–H and O–H groups in total. The Kier molecular flexibility index (Phi) is 5.98. The zero-order valence-corrected chi connectivity index (χ0v) is 14.7. The van der Waals surface area contributed by atoms with Gasteiger partial charge in [0.1, 0.15) is 5.75 Å². The van der Waals surface area contributed by atoms with Crippen LogP contribution in [-0.2, 0) is 10.0 Å². The van der Waals surface area contributed by atoms with E-state index in [1.807, 2.05) is 13.8 Å². The van der Waals surface area contributed by atoms with Gasteiger partial charge < -0.3 is 5.11 Å². The fourth-order valence-corrected chi connectivity index (χ4v) is 3.09. The maximum atomic E-state index is 12.3. The molecule has 0 fully saturated rings. The Bertz CT molecular complexity index is 815. The molecular weight excluding hydrogens is 324 g/mol. The summed E-state index contributed by atoms with van der Waals surface area (Å²) in [5.41, 5.74) is 2.05. The molecule has 0 amide bonds. The molecule has 2 aromatic rings. The van der Waals surface area contributed by atoms with Gasteiger partial charge in [-0.05, 0) is 44.0 Å². The Morgan fingerprint density at radius 1 is 1.17 bits per heavy atom. The van der Waals surface area contributed by atoms with E-state index >= 15 is 0 Å². The molecule has 5 nitrogen and oxygen atoms in total. The lowest BCUT2D eigenvalue weighted by atomic mass is 10.0. The summed E-state index contributed by atoms with van der Waals surface area (Å²) in [6.45, 7) is 3.95. The van der Waals surface area contributed by atoms with Gasteiger partial charge in [0.05, 0.1) is 10.6 Å². The normalized spacial score (nSPS) is 12.2. The molecule has 0 heterocycles. The quantitative estimate of drug-likeness (QED) is 0.594. The molecule has 2 aromatic carbocycles. The van der Waals surface area contributed by atoms with Gasteiger partial charge in [0.2, 0.25) is 0 Å². The number of aryl methyl sites for hydroxylation is 1. The van der Waals surface area contributed by atoms with Gasteiger partial charge in [0.25, 0.3) is 10.0 Å². The molecule has 2 rings (SSSR count). The second-order valence-corrected chi connectivity index (χ2v) is 7.25. The smallest absolute Gasteiger partial charge is 0.276 e. The Morgan fingerprint density at radius 2 is 1.88 bits per heavy atom. The van der Waals surface area contributed by atoms with Crippen LogP contribution in [0.3, 0.4) is 0 Å². The highest BCUT2D eigenvalue weighted by atomic mass is 32.2. The number of hydrazone groups is 1. The van der Waals surface area contributed by atoms with Gasteiger partial charge >= 0.3 is 0 Å². The summed E-state index contributed by atoms with van der Waals surface area (Å²) in [6.07, 6.45) is 2.36. The number of phenols is 1. The van der Waals surface area contributed by atoms with Crippen molar-refractivity contribution in [2.24, 2.45) is 5.10 Å². The molecule has 0 aliphatic carbocycles. The lowest BCUT2D eigenvalue weighted by Crippen LogP contribution is -2.20. The molecule has 24 heavy (non-hydrogen) atoms. The number of benzene rings is 2. The molecule has 0 unspecified atom stereocenters. The zero-order chi connectivity index (χ0) is 17.6. The number of nitrogens with zero attached hydrogens (tertiary/aromatic N) is 1. The summed E-state index contributed by atoms with van der Waals surface area (Å²) in [6, 6.07) is 13.3. The third kappa shape index (κ3) is 4.58. The fraction of sp³-hybridized carbons (Fsp3) is 0.278. The molecule has 0 atom stereocenters. The number of aromatic hydroxyl groups is 1. The molecule has 0 saturated heterocycles. The molecule has 6 heteroatoms. The second-order valence-electron chi connectivity index (χ2n) is 5.59. The fourth-order valence-electron chi connectivity index (χ4n) is 2.24. The number of rotatable bonds is 7. The van der Waals surface area contributed by atoms with Crippen molar-refractivity contribution in [1.29, 1.82) is 0 Å². The second kappa shape index (κ2) is 7.97. The molecule has 0 aliphatic heterocycles. The average molecular weight is 346 g/mol. The molecule has 128 valence electrons. The first-order valence-corrected chi connectivity index (χ1v) is 9.35. The first-order chi connectivity index (χ1) is 11.4. The van der Waals surface area contributed by atoms with E-state index < -0.39 is 10.0 Å². The van der Waals surface area contributed by atoms with Crippen LogP contribution in [0.5, 0.6) is 5.75 Å². The van der Waals surface area contributed by atoms with E-state index in [0.717, 1.165) is 18.4 Å². The Labute approximate surface area is 143 Å². The Hall–Kier alpha value is -2.34. The van der Waals surface area contributed by atoms with Crippen LogP contribution in [0.2, 0.25) is 0 Å². The highest BCUT2D eigenvalue weighted by Crippen LogP contribution is 2.21. The molecular formula is C18H22N2O3S. The first kappa shape index (κ1) is 18.0. The van der Waals surface area contributed by atoms with Crippen LogP contribution in [0, 0.1) is 6.92 Å². The molecule has 0 aromatic heterocycles. The first-order valence-electron chi connectivity index (χ1n) is 7.87. The van der Waals surface area contributed by atoms with Crippen molar-refractivity contribution >= 4 is 15.7 Å². The molecule has 0 radical (unpaired) electrons. The standard InChI is InChI=1S/C18H22N2O3S/c1-3-4-10-17(16-13-14(2)11-12-18(16)21)19-20-24(22,23)15-8-6-5-7-9-15/h5-9,11-13,20-21H,3-4,10H2,1-2H3/b19-17-. The van der Waals surface area contributed by atoms with Gasteiger partial charge in [-0.2, -0.15) is 18.4 Å². The predicted octanol–water partition coefficient (Wildman–Crippen LogP) is 3.57. The minimum Gasteiger partial charge on any atom is -0.507 e. The van der Waals surface area contributed by atoms with E-state index in [1.54, 1.807) is 36.4 Å². The van der Waals surface area contributed by atoms with E-state index in [9.17, 15) is 13.5 Å². The SMILES string of the molecule is CCCC/C(=N/NS(=O)(=O)c1ccccc1)c1cc(C)ccc1O. The van der Waals surface area contributed by atoms with E-state index in [2.05, 4.69) is 9.93 Å². The minimum atomic E-state index is -3.73. The van der Waals surface area contributed by atoms with Crippen LogP contribution in [0.15, 0.2) is 58.5 Å². The minimum absolute atomic E-state index is 0.0920. The van der Waals surface area contributed by atoms with Crippen molar-refractivity contribution in [2.45, 2.75) is 38.0 Å². The van der Waals surface area contributed by atoms with Crippen molar-refractivity contribution in [3.8, 4) is 5.75 Å². The molecule has 0 saturated carbocycles. The highest BCUT2D eigenvalue weighted by Gasteiger charge is 2.14. The highest BCUT2D eigenvalue weighted by molar-refractivity contribution is 7.89. The van der Waals surface area contributed by atoms with Crippen molar-refractivity contribution in [3.05, 3.63) is 59.7 Å². The van der Waals surface area contributed by atoms with Crippen LogP contribution in [0.1, 0.15) is 37.3 Å². The summed E-state index contributed by atoms with van der Waals surface area (Å²) < 4.78 is 24.6. The molecule has 0 spiro atoms. The van der Waals surface area contributed by atoms with E-state index in [0.29, 0.717) is 17.7 Å². The maximum absolute atomic E-state index is 12.3. The summed E-state index contributed by atoms with van der Waals surface area (Å²) in [5, 5.41) is 14.2. The van der Waals surface area contributed by atoms with Gasteiger partial charge in [-0.25, -0.2) is 0 Å². The monoisotopic (exact) mass is 346 g/mol. The molecule has 0 aliphatic rings. The number of hydrogen-bond acceptors (Lipinski definition) is 4. The number of sulfonamides is 1. The third-order valence-corrected chi connectivity index (χ3v) is 4.81.